The zero-order valence-electron chi connectivity index (χ0n) is 11.1. The van der Waals surface area contributed by atoms with Crippen molar-refractivity contribution in [3.05, 3.63) is 59.2 Å². The standard InChI is InChI=1S/C16H17N3O/c17-12-4-7-14-11(9-12)3-8-15(14)19-13-5-1-10(2-6-13)16(18)20/h1-2,4-7,9,15,19H,3,8,17H2,(H2,18,20). The average molecular weight is 267 g/mol. The lowest BCUT2D eigenvalue weighted by Gasteiger charge is -2.16. The molecule has 2 aromatic rings. The van der Waals surface area contributed by atoms with Crippen LogP contribution in [0.5, 0.6) is 0 Å². The minimum absolute atomic E-state index is 0.296. The highest BCUT2D eigenvalue weighted by molar-refractivity contribution is 5.93. The summed E-state index contributed by atoms with van der Waals surface area (Å²) in [6.45, 7) is 0. The number of fused-ring (bicyclic) bond motifs is 1. The van der Waals surface area contributed by atoms with Crippen molar-refractivity contribution in [1.29, 1.82) is 0 Å². The first-order valence-electron chi connectivity index (χ1n) is 6.68. The van der Waals surface area contributed by atoms with Gasteiger partial charge < -0.3 is 16.8 Å². The van der Waals surface area contributed by atoms with Gasteiger partial charge in [0.15, 0.2) is 0 Å². The van der Waals surface area contributed by atoms with Crippen LogP contribution in [0.3, 0.4) is 0 Å². The van der Waals surface area contributed by atoms with Crippen LogP contribution in [0.25, 0.3) is 0 Å². The van der Waals surface area contributed by atoms with Crippen molar-refractivity contribution in [2.45, 2.75) is 18.9 Å². The first-order chi connectivity index (χ1) is 9.63. The first-order valence-corrected chi connectivity index (χ1v) is 6.68. The summed E-state index contributed by atoms with van der Waals surface area (Å²) in [7, 11) is 0. The van der Waals surface area contributed by atoms with Gasteiger partial charge >= 0.3 is 0 Å². The maximum Gasteiger partial charge on any atom is 0.248 e. The van der Waals surface area contributed by atoms with Crippen LogP contribution in [-0.2, 0) is 6.42 Å². The Morgan fingerprint density at radius 3 is 2.60 bits per heavy atom. The molecule has 1 unspecified atom stereocenters. The van der Waals surface area contributed by atoms with Crippen LogP contribution in [0.2, 0.25) is 0 Å². The van der Waals surface area contributed by atoms with E-state index in [1.807, 2.05) is 24.3 Å². The van der Waals surface area contributed by atoms with Gasteiger partial charge in [0.2, 0.25) is 5.91 Å². The summed E-state index contributed by atoms with van der Waals surface area (Å²) in [4.78, 5) is 11.0. The van der Waals surface area contributed by atoms with E-state index < -0.39 is 5.91 Å². The van der Waals surface area contributed by atoms with Crippen LogP contribution in [-0.4, -0.2) is 5.91 Å². The van der Waals surface area contributed by atoms with Gasteiger partial charge in [-0.3, -0.25) is 4.79 Å². The number of carbonyl (C=O) groups is 1. The predicted molar refractivity (Wildman–Crippen MR) is 80.5 cm³/mol. The van der Waals surface area contributed by atoms with Crippen LogP contribution in [0, 0.1) is 0 Å². The molecule has 20 heavy (non-hydrogen) atoms. The molecule has 0 bridgehead atoms. The molecule has 1 aliphatic rings. The number of amides is 1. The molecule has 0 saturated heterocycles. The zero-order valence-corrected chi connectivity index (χ0v) is 11.1. The highest BCUT2D eigenvalue weighted by atomic mass is 16.1. The highest BCUT2D eigenvalue weighted by Crippen LogP contribution is 2.34. The quantitative estimate of drug-likeness (QED) is 0.747. The third-order valence-corrected chi connectivity index (χ3v) is 3.76. The number of nitrogens with two attached hydrogens (primary N) is 2. The molecule has 3 rings (SSSR count). The Hall–Kier alpha value is -2.49. The second-order valence-electron chi connectivity index (χ2n) is 5.14. The van der Waals surface area contributed by atoms with E-state index in [1.54, 1.807) is 12.1 Å². The fraction of sp³-hybridized carbons (Fsp3) is 0.188. The molecule has 0 aromatic heterocycles. The molecule has 4 nitrogen and oxygen atoms in total. The molecule has 0 fully saturated rings. The lowest BCUT2D eigenvalue weighted by atomic mass is 10.1. The number of benzene rings is 2. The number of primary amides is 1. The second-order valence-corrected chi connectivity index (χ2v) is 5.14. The SMILES string of the molecule is NC(=O)c1ccc(NC2CCc3cc(N)ccc32)cc1. The van der Waals surface area contributed by atoms with E-state index in [0.717, 1.165) is 24.2 Å². The van der Waals surface area contributed by atoms with Gasteiger partial charge in [0.25, 0.3) is 0 Å². The molecule has 0 spiro atoms. The Labute approximate surface area is 117 Å². The van der Waals surface area contributed by atoms with E-state index in [4.69, 9.17) is 11.5 Å². The number of carbonyl (C=O) groups excluding carboxylic acids is 1. The van der Waals surface area contributed by atoms with E-state index in [2.05, 4.69) is 11.4 Å². The first kappa shape index (κ1) is 12.5. The Morgan fingerprint density at radius 2 is 1.90 bits per heavy atom. The Balaban J connectivity index is 1.78. The zero-order chi connectivity index (χ0) is 14.1. The monoisotopic (exact) mass is 267 g/mol. The number of hydrogen-bond acceptors (Lipinski definition) is 3. The summed E-state index contributed by atoms with van der Waals surface area (Å²) in [6.07, 6.45) is 2.09. The summed E-state index contributed by atoms with van der Waals surface area (Å²) in [5.74, 6) is -0.404. The van der Waals surface area contributed by atoms with Crippen molar-refractivity contribution in [3.8, 4) is 0 Å². The summed E-state index contributed by atoms with van der Waals surface area (Å²) in [6, 6.07) is 13.6. The second kappa shape index (κ2) is 4.89. The molecular weight excluding hydrogens is 250 g/mol. The molecule has 0 saturated carbocycles. The molecule has 0 radical (unpaired) electrons. The molecule has 0 heterocycles. The summed E-state index contributed by atoms with van der Waals surface area (Å²) >= 11 is 0. The fourth-order valence-corrected chi connectivity index (χ4v) is 2.72. The highest BCUT2D eigenvalue weighted by Gasteiger charge is 2.22. The smallest absolute Gasteiger partial charge is 0.248 e. The van der Waals surface area contributed by atoms with E-state index in [1.165, 1.54) is 11.1 Å². The normalized spacial score (nSPS) is 16.7. The van der Waals surface area contributed by atoms with Gasteiger partial charge in [0, 0.05) is 16.9 Å². The van der Waals surface area contributed by atoms with Gasteiger partial charge in [0.1, 0.15) is 0 Å². The molecular formula is C16H17N3O. The fourth-order valence-electron chi connectivity index (χ4n) is 2.72. The lowest BCUT2D eigenvalue weighted by Crippen LogP contribution is -2.11. The van der Waals surface area contributed by atoms with Crippen molar-refractivity contribution in [2.75, 3.05) is 11.1 Å². The summed E-state index contributed by atoms with van der Waals surface area (Å²) < 4.78 is 0. The average Bonchev–Trinajstić information content (AvgIpc) is 2.81. The summed E-state index contributed by atoms with van der Waals surface area (Å²) in [5, 5.41) is 3.49. The topological polar surface area (TPSA) is 81.1 Å². The van der Waals surface area contributed by atoms with Crippen LogP contribution >= 0.6 is 0 Å². The Bertz CT molecular complexity index is 649. The molecule has 1 amide bonds. The van der Waals surface area contributed by atoms with Gasteiger partial charge in [-0.2, -0.15) is 0 Å². The number of rotatable bonds is 3. The van der Waals surface area contributed by atoms with Crippen molar-refractivity contribution >= 4 is 17.3 Å². The largest absolute Gasteiger partial charge is 0.399 e. The van der Waals surface area contributed by atoms with E-state index in [-0.39, 0.29) is 0 Å². The Morgan fingerprint density at radius 1 is 1.15 bits per heavy atom. The van der Waals surface area contributed by atoms with Gasteiger partial charge in [0.05, 0.1) is 6.04 Å². The van der Waals surface area contributed by atoms with Crippen molar-refractivity contribution in [1.82, 2.24) is 0 Å². The van der Waals surface area contributed by atoms with E-state index in [0.29, 0.717) is 11.6 Å². The van der Waals surface area contributed by atoms with Crippen LogP contribution < -0.4 is 16.8 Å². The van der Waals surface area contributed by atoms with Crippen LogP contribution in [0.4, 0.5) is 11.4 Å². The van der Waals surface area contributed by atoms with Crippen LogP contribution in [0.15, 0.2) is 42.5 Å². The van der Waals surface area contributed by atoms with Gasteiger partial charge in [-0.1, -0.05) is 6.07 Å². The van der Waals surface area contributed by atoms with Gasteiger partial charge in [-0.15, -0.1) is 0 Å². The lowest BCUT2D eigenvalue weighted by molar-refractivity contribution is 0.100. The Kier molecular flexibility index (Phi) is 3.06. The van der Waals surface area contributed by atoms with E-state index in [9.17, 15) is 4.79 Å². The minimum Gasteiger partial charge on any atom is -0.399 e. The van der Waals surface area contributed by atoms with Crippen molar-refractivity contribution in [2.24, 2.45) is 5.73 Å². The van der Waals surface area contributed by atoms with Gasteiger partial charge in [-0.05, 0) is 60.4 Å². The van der Waals surface area contributed by atoms with Crippen molar-refractivity contribution < 1.29 is 4.79 Å². The molecule has 1 atom stereocenters. The molecule has 4 heteroatoms. The molecule has 0 aliphatic heterocycles. The van der Waals surface area contributed by atoms with E-state index >= 15 is 0 Å². The number of anilines is 2. The number of hydrogen-bond donors (Lipinski definition) is 3. The summed E-state index contributed by atoms with van der Waals surface area (Å²) in [5.41, 5.74) is 16.0. The predicted octanol–water partition coefficient (Wildman–Crippen LogP) is 2.47. The molecule has 2 aromatic carbocycles. The number of nitrogen functional groups attached to an aromatic ring is 1. The minimum atomic E-state index is -0.404. The number of aryl methyl sites for hydroxylation is 1. The maximum absolute atomic E-state index is 11.0. The maximum atomic E-state index is 11.0. The van der Waals surface area contributed by atoms with Gasteiger partial charge in [-0.25, -0.2) is 0 Å². The molecule has 5 N–H and O–H groups in total. The van der Waals surface area contributed by atoms with Crippen LogP contribution in [0.1, 0.15) is 33.9 Å². The molecule has 102 valence electrons. The third kappa shape index (κ3) is 2.32. The number of nitrogens with one attached hydrogen (secondary N) is 1. The van der Waals surface area contributed by atoms with Crippen molar-refractivity contribution in [3.63, 3.8) is 0 Å². The third-order valence-electron chi connectivity index (χ3n) is 3.76. The molecule has 1 aliphatic carbocycles.